The molecule has 1 aliphatic heterocycles. The second kappa shape index (κ2) is 2.83. The van der Waals surface area contributed by atoms with Crippen molar-refractivity contribution in [2.75, 3.05) is 6.61 Å². The molecule has 1 aliphatic rings. The van der Waals surface area contributed by atoms with Crippen molar-refractivity contribution in [3.63, 3.8) is 0 Å². The summed E-state index contributed by atoms with van der Waals surface area (Å²) in [6, 6.07) is 0. The Morgan fingerprint density at radius 1 is 1.78 bits per heavy atom. The Morgan fingerprint density at radius 3 is 3.00 bits per heavy atom. The van der Waals surface area contributed by atoms with Gasteiger partial charge in [-0.15, -0.1) is 0 Å². The Hall–Kier alpha value is -0.560. The van der Waals surface area contributed by atoms with E-state index in [1.54, 1.807) is 0 Å². The number of allylic oxidation sites excluding steroid dienone is 1. The maximum Gasteiger partial charge on any atom is 0.0797 e. The molecule has 50 valence electrons. The number of hydrogen-bond acceptors (Lipinski definition) is 1. The van der Waals surface area contributed by atoms with E-state index in [-0.39, 0.29) is 0 Å². The van der Waals surface area contributed by atoms with Crippen molar-refractivity contribution in [2.24, 2.45) is 0 Å². The third kappa shape index (κ3) is 1.42. The maximum atomic E-state index is 5.33. The van der Waals surface area contributed by atoms with E-state index < -0.39 is 0 Å². The van der Waals surface area contributed by atoms with Gasteiger partial charge in [0.05, 0.1) is 12.7 Å². The first-order valence-corrected chi connectivity index (χ1v) is 3.29. The van der Waals surface area contributed by atoms with Crippen LogP contribution in [0.1, 0.15) is 13.8 Å². The molecule has 0 aromatic carbocycles. The molecular formula is C8H12O. The van der Waals surface area contributed by atoms with Gasteiger partial charge in [0, 0.05) is 0 Å². The van der Waals surface area contributed by atoms with Gasteiger partial charge in [-0.25, -0.2) is 0 Å². The molecule has 1 atom stereocenters. The zero-order chi connectivity index (χ0) is 6.69. The van der Waals surface area contributed by atoms with E-state index in [9.17, 15) is 0 Å². The van der Waals surface area contributed by atoms with Crippen LogP contribution in [-0.2, 0) is 4.74 Å². The van der Waals surface area contributed by atoms with Crippen molar-refractivity contribution in [1.29, 1.82) is 0 Å². The predicted molar refractivity (Wildman–Crippen MR) is 38.3 cm³/mol. The highest BCUT2D eigenvalue weighted by atomic mass is 16.5. The largest absolute Gasteiger partial charge is 0.370 e. The SMILES string of the molecule is C/C=C1/C=CCOC1C. The Balaban J connectivity index is 2.68. The first-order valence-electron chi connectivity index (χ1n) is 3.29. The van der Waals surface area contributed by atoms with E-state index >= 15 is 0 Å². The van der Waals surface area contributed by atoms with Crippen LogP contribution >= 0.6 is 0 Å². The third-order valence-electron chi connectivity index (χ3n) is 1.56. The second-order valence-corrected chi connectivity index (χ2v) is 2.17. The van der Waals surface area contributed by atoms with Gasteiger partial charge in [0.1, 0.15) is 0 Å². The van der Waals surface area contributed by atoms with Crippen molar-refractivity contribution < 1.29 is 4.74 Å². The average Bonchev–Trinajstić information content (AvgIpc) is 1.89. The quantitative estimate of drug-likeness (QED) is 0.479. The topological polar surface area (TPSA) is 9.23 Å². The monoisotopic (exact) mass is 124 g/mol. The van der Waals surface area contributed by atoms with E-state index in [4.69, 9.17) is 4.74 Å². The van der Waals surface area contributed by atoms with E-state index in [0.717, 1.165) is 6.61 Å². The van der Waals surface area contributed by atoms with Gasteiger partial charge in [-0.1, -0.05) is 18.2 Å². The third-order valence-corrected chi connectivity index (χ3v) is 1.56. The highest BCUT2D eigenvalue weighted by Crippen LogP contribution is 2.11. The lowest BCUT2D eigenvalue weighted by Crippen LogP contribution is -2.13. The second-order valence-electron chi connectivity index (χ2n) is 2.17. The van der Waals surface area contributed by atoms with Gasteiger partial charge >= 0.3 is 0 Å². The molecule has 0 saturated carbocycles. The Bertz CT molecular complexity index is 142. The van der Waals surface area contributed by atoms with Crippen LogP contribution in [0.25, 0.3) is 0 Å². The summed E-state index contributed by atoms with van der Waals surface area (Å²) in [7, 11) is 0. The number of hydrogen-bond donors (Lipinski definition) is 0. The zero-order valence-electron chi connectivity index (χ0n) is 5.92. The Morgan fingerprint density at radius 2 is 2.56 bits per heavy atom. The maximum absolute atomic E-state index is 5.33. The first-order chi connectivity index (χ1) is 4.34. The molecule has 0 aromatic heterocycles. The van der Waals surface area contributed by atoms with Crippen molar-refractivity contribution in [3.05, 3.63) is 23.8 Å². The molecule has 0 amide bonds. The smallest absolute Gasteiger partial charge is 0.0797 e. The van der Waals surface area contributed by atoms with Crippen LogP contribution in [0, 0.1) is 0 Å². The molecule has 9 heavy (non-hydrogen) atoms. The fourth-order valence-corrected chi connectivity index (χ4v) is 0.947. The summed E-state index contributed by atoms with van der Waals surface area (Å²) in [6.07, 6.45) is 6.53. The summed E-state index contributed by atoms with van der Waals surface area (Å²) in [5.74, 6) is 0. The van der Waals surface area contributed by atoms with E-state index in [2.05, 4.69) is 19.1 Å². The molecular weight excluding hydrogens is 112 g/mol. The summed E-state index contributed by atoms with van der Waals surface area (Å²) < 4.78 is 5.33. The molecule has 1 rings (SSSR count). The molecule has 0 saturated heterocycles. The summed E-state index contributed by atoms with van der Waals surface area (Å²) in [4.78, 5) is 0. The van der Waals surface area contributed by atoms with Crippen LogP contribution in [0.2, 0.25) is 0 Å². The minimum Gasteiger partial charge on any atom is -0.370 e. The molecule has 1 nitrogen and oxygen atoms in total. The lowest BCUT2D eigenvalue weighted by atomic mass is 10.1. The van der Waals surface area contributed by atoms with Gasteiger partial charge in [-0.05, 0) is 19.4 Å². The van der Waals surface area contributed by atoms with Crippen LogP contribution in [-0.4, -0.2) is 12.7 Å². The molecule has 0 bridgehead atoms. The molecule has 1 heteroatoms. The highest BCUT2D eigenvalue weighted by Gasteiger charge is 2.07. The van der Waals surface area contributed by atoms with Gasteiger partial charge in [0.2, 0.25) is 0 Å². The molecule has 1 heterocycles. The molecule has 0 fully saturated rings. The number of ether oxygens (including phenoxy) is 1. The molecule has 0 N–H and O–H groups in total. The predicted octanol–water partition coefficient (Wildman–Crippen LogP) is 1.91. The summed E-state index contributed by atoms with van der Waals surface area (Å²) in [5, 5.41) is 0. The first kappa shape index (κ1) is 6.56. The molecule has 0 aliphatic carbocycles. The summed E-state index contributed by atoms with van der Waals surface area (Å²) >= 11 is 0. The molecule has 0 spiro atoms. The van der Waals surface area contributed by atoms with E-state index in [0.29, 0.717) is 6.10 Å². The van der Waals surface area contributed by atoms with Crippen LogP contribution in [0.3, 0.4) is 0 Å². The van der Waals surface area contributed by atoms with Crippen LogP contribution < -0.4 is 0 Å². The number of rotatable bonds is 0. The van der Waals surface area contributed by atoms with Crippen molar-refractivity contribution in [1.82, 2.24) is 0 Å². The van der Waals surface area contributed by atoms with Crippen LogP contribution in [0.4, 0.5) is 0 Å². The van der Waals surface area contributed by atoms with Gasteiger partial charge in [-0.3, -0.25) is 0 Å². The lowest BCUT2D eigenvalue weighted by Gasteiger charge is -2.16. The van der Waals surface area contributed by atoms with Crippen molar-refractivity contribution in [3.8, 4) is 0 Å². The minimum atomic E-state index is 0.292. The van der Waals surface area contributed by atoms with Crippen molar-refractivity contribution in [2.45, 2.75) is 20.0 Å². The highest BCUT2D eigenvalue weighted by molar-refractivity contribution is 5.23. The fraction of sp³-hybridized carbons (Fsp3) is 0.500. The van der Waals surface area contributed by atoms with Gasteiger partial charge in [0.15, 0.2) is 0 Å². The normalized spacial score (nSPS) is 31.3. The van der Waals surface area contributed by atoms with Crippen LogP contribution in [0.5, 0.6) is 0 Å². The van der Waals surface area contributed by atoms with E-state index in [1.807, 2.05) is 13.0 Å². The zero-order valence-corrected chi connectivity index (χ0v) is 5.92. The van der Waals surface area contributed by atoms with Crippen LogP contribution in [0.15, 0.2) is 23.8 Å². The van der Waals surface area contributed by atoms with Gasteiger partial charge in [-0.2, -0.15) is 0 Å². The molecule has 0 aromatic rings. The minimum absolute atomic E-state index is 0.292. The summed E-state index contributed by atoms with van der Waals surface area (Å²) in [6.45, 7) is 4.86. The fourth-order valence-electron chi connectivity index (χ4n) is 0.947. The summed E-state index contributed by atoms with van der Waals surface area (Å²) in [5.41, 5.74) is 1.28. The van der Waals surface area contributed by atoms with Gasteiger partial charge in [0.25, 0.3) is 0 Å². The Labute approximate surface area is 56.0 Å². The van der Waals surface area contributed by atoms with E-state index in [1.165, 1.54) is 5.57 Å². The van der Waals surface area contributed by atoms with Gasteiger partial charge < -0.3 is 4.74 Å². The van der Waals surface area contributed by atoms with Crippen molar-refractivity contribution >= 4 is 0 Å². The molecule has 0 radical (unpaired) electrons. The standard InChI is InChI=1S/C8H12O/c1-3-8-5-4-6-9-7(8)2/h3-5,7H,6H2,1-2H3/b8-3-. The lowest BCUT2D eigenvalue weighted by molar-refractivity contribution is 0.110. The Kier molecular flexibility index (Phi) is 2.06. The average molecular weight is 124 g/mol. The molecule has 1 unspecified atom stereocenters.